The quantitative estimate of drug-likeness (QED) is 0.167. The van der Waals surface area contributed by atoms with Crippen molar-refractivity contribution in [2.45, 2.75) is 89.3 Å². The minimum absolute atomic E-state index is 0.00403. The standard InChI is InChI=1S/C37H42N4O5/c1-2-3-4-6-25(42)19-26(43)11-9-23-10-14-34(45)35(17-23)46-36-8-5-7-33(44)28-12-13-29-27(15-16-39-37(29)38)30(28)18-24-20-40-32-22-41(36)21-31(24)32/h10,12-17,20-21,25,33,36-37,39,42,44-45H,2-4,6,8-9,11,18-19,22,38H2,1H3/p+1/t25-,33-,36-,37+/m1/s1. The summed E-state index contributed by atoms with van der Waals surface area (Å²) >= 11 is 0. The Hall–Kier alpha value is -4.20. The van der Waals surface area contributed by atoms with Crippen molar-refractivity contribution in [3.63, 3.8) is 0 Å². The van der Waals surface area contributed by atoms with Crippen LogP contribution in [-0.2, 0) is 17.6 Å². The number of aryl methyl sites for hydroxylation is 1. The van der Waals surface area contributed by atoms with E-state index < -0.39 is 18.4 Å². The molecule has 2 aromatic rings. The number of phenols is 1. The summed E-state index contributed by atoms with van der Waals surface area (Å²) in [6, 6.07) is 9.01. The molecule has 2 aromatic carbocycles. The van der Waals surface area contributed by atoms with E-state index in [0.29, 0.717) is 44.4 Å². The molecule has 0 saturated heterocycles. The number of fused-ring (bicyclic) bond motifs is 4. The highest BCUT2D eigenvalue weighted by Crippen LogP contribution is 2.35. The summed E-state index contributed by atoms with van der Waals surface area (Å²) in [5.74, 6) is 6.53. The Labute approximate surface area is 270 Å². The fourth-order valence-electron chi connectivity index (χ4n) is 6.63. The monoisotopic (exact) mass is 623 g/mol. The number of quaternary nitrogens is 1. The fourth-order valence-corrected chi connectivity index (χ4v) is 6.63. The second-order valence-electron chi connectivity index (χ2n) is 12.6. The number of aliphatic hydroxyl groups is 2. The molecule has 6 rings (SSSR count). The van der Waals surface area contributed by atoms with Crippen LogP contribution in [0.2, 0.25) is 0 Å². The highest BCUT2D eigenvalue weighted by atomic mass is 16.5. The molecule has 240 valence electrons. The zero-order valence-corrected chi connectivity index (χ0v) is 26.3. The van der Waals surface area contributed by atoms with Gasteiger partial charge in [0.15, 0.2) is 11.5 Å². The minimum atomic E-state index is -1.00. The number of nitrogens with two attached hydrogens (primary N) is 1. The maximum atomic E-state index is 12.5. The molecule has 9 heteroatoms. The lowest BCUT2D eigenvalue weighted by Crippen LogP contribution is -3.12. The number of ketones is 1. The van der Waals surface area contributed by atoms with Crippen molar-refractivity contribution in [2.75, 3.05) is 6.54 Å². The lowest BCUT2D eigenvalue weighted by atomic mass is 9.86. The molecule has 0 radical (unpaired) electrons. The second kappa shape index (κ2) is 14.1. The summed E-state index contributed by atoms with van der Waals surface area (Å²) in [4.78, 5) is 18.3. The van der Waals surface area contributed by atoms with Crippen LogP contribution in [0.4, 0.5) is 0 Å². The summed E-state index contributed by atoms with van der Waals surface area (Å²) in [5, 5.41) is 35.3. The van der Waals surface area contributed by atoms with Crippen molar-refractivity contribution < 1.29 is 29.8 Å². The summed E-state index contributed by atoms with van der Waals surface area (Å²) in [6.45, 7) is 2.72. The molecule has 4 aliphatic heterocycles. The van der Waals surface area contributed by atoms with E-state index in [9.17, 15) is 20.1 Å². The van der Waals surface area contributed by atoms with Crippen LogP contribution in [0.25, 0.3) is 6.08 Å². The maximum absolute atomic E-state index is 12.5. The number of aromatic hydroxyl groups is 1. The van der Waals surface area contributed by atoms with Crippen LogP contribution in [-0.4, -0.2) is 45.7 Å². The largest absolute Gasteiger partial charge is 0.504 e. The highest BCUT2D eigenvalue weighted by Gasteiger charge is 2.36. The molecule has 0 amide bonds. The molecule has 2 bridgehead atoms. The molecule has 9 nitrogen and oxygen atoms in total. The van der Waals surface area contributed by atoms with E-state index in [4.69, 9.17) is 15.5 Å². The highest BCUT2D eigenvalue weighted by molar-refractivity contribution is 6.08. The van der Waals surface area contributed by atoms with Crippen LogP contribution in [0.15, 0.2) is 65.1 Å². The van der Waals surface area contributed by atoms with Crippen molar-refractivity contribution in [1.29, 1.82) is 0 Å². The average molecular weight is 624 g/mol. The molecule has 0 aromatic heterocycles. The van der Waals surface area contributed by atoms with Gasteiger partial charge in [-0.15, -0.1) is 0 Å². The SMILES string of the molecule is CCCCC[C@@H](O)CC(=O)CCc1ccc(O)c(O[C@@H]2CC#C[C@@H](O)c3ccc4c(c3CC3=CN=C5C[NH+]2C=C35)C=CN[C@@H]4N)c1. The summed E-state index contributed by atoms with van der Waals surface area (Å²) < 4.78 is 6.44. The Morgan fingerprint density at radius 2 is 2.09 bits per heavy atom. The van der Waals surface area contributed by atoms with Gasteiger partial charge in [-0.1, -0.05) is 56.2 Å². The fraction of sp³-hybridized carbons (Fsp3) is 0.405. The molecule has 4 heterocycles. The van der Waals surface area contributed by atoms with E-state index in [1.54, 1.807) is 18.2 Å². The lowest BCUT2D eigenvalue weighted by molar-refractivity contribution is -0.882. The van der Waals surface area contributed by atoms with E-state index in [0.717, 1.165) is 68.8 Å². The van der Waals surface area contributed by atoms with Gasteiger partial charge in [0.2, 0.25) is 6.23 Å². The van der Waals surface area contributed by atoms with Gasteiger partial charge in [-0.2, -0.15) is 0 Å². The van der Waals surface area contributed by atoms with Gasteiger partial charge in [-0.05, 0) is 70.6 Å². The normalized spacial score (nSPS) is 23.3. The Bertz CT molecular complexity index is 1680. The molecule has 1 unspecified atom stereocenters. The predicted molar refractivity (Wildman–Crippen MR) is 177 cm³/mol. The van der Waals surface area contributed by atoms with Crippen molar-refractivity contribution in [3.05, 3.63) is 87.9 Å². The number of aliphatic hydroxyl groups excluding tert-OH is 2. The number of Topliss-reactive ketones (excluding diaryl/α,β-unsaturated/α-hetero) is 1. The third-order valence-corrected chi connectivity index (χ3v) is 9.21. The number of nitrogens with one attached hydrogen (secondary N) is 2. The van der Waals surface area contributed by atoms with Crippen LogP contribution < -0.4 is 20.7 Å². The first-order valence-corrected chi connectivity index (χ1v) is 16.3. The number of allylic oxidation sites excluding steroid dienone is 1. The Balaban J connectivity index is 1.21. The first kappa shape index (κ1) is 31.8. The molecular formula is C37H43N4O5+. The first-order valence-electron chi connectivity index (χ1n) is 16.3. The molecule has 0 aliphatic carbocycles. The van der Waals surface area contributed by atoms with Gasteiger partial charge < -0.3 is 31.1 Å². The summed E-state index contributed by atoms with van der Waals surface area (Å²) in [5.41, 5.74) is 14.0. The zero-order valence-electron chi connectivity index (χ0n) is 26.3. The van der Waals surface area contributed by atoms with Crippen molar-refractivity contribution in [3.8, 4) is 23.3 Å². The van der Waals surface area contributed by atoms with E-state index in [-0.39, 0.29) is 24.1 Å². The molecule has 4 aliphatic rings. The van der Waals surface area contributed by atoms with Gasteiger partial charge in [-0.25, -0.2) is 0 Å². The molecular weight excluding hydrogens is 580 g/mol. The summed E-state index contributed by atoms with van der Waals surface area (Å²) in [7, 11) is 0. The van der Waals surface area contributed by atoms with Crippen molar-refractivity contribution in [2.24, 2.45) is 10.7 Å². The van der Waals surface area contributed by atoms with Gasteiger partial charge in [0.1, 0.15) is 42.9 Å². The molecule has 0 fully saturated rings. The summed E-state index contributed by atoms with van der Waals surface area (Å²) in [6.07, 6.45) is 11.0. The Kier molecular flexibility index (Phi) is 9.71. The van der Waals surface area contributed by atoms with Crippen molar-refractivity contribution >= 4 is 17.6 Å². The topological polar surface area (TPSA) is 142 Å². The molecule has 0 saturated carbocycles. The number of nitrogens with zero attached hydrogens (tertiary/aromatic N) is 1. The van der Waals surface area contributed by atoms with Crippen LogP contribution >= 0.6 is 0 Å². The smallest absolute Gasteiger partial charge is 0.247 e. The average Bonchev–Trinajstić information content (AvgIpc) is 3.62. The van der Waals surface area contributed by atoms with Gasteiger partial charge in [-0.3, -0.25) is 14.7 Å². The van der Waals surface area contributed by atoms with Crippen LogP contribution in [0.1, 0.15) is 92.0 Å². The predicted octanol–water partition coefficient (Wildman–Crippen LogP) is 3.27. The van der Waals surface area contributed by atoms with E-state index in [1.807, 2.05) is 30.6 Å². The number of hydrogen-bond donors (Lipinski definition) is 6. The second-order valence-corrected chi connectivity index (χ2v) is 12.6. The molecule has 0 spiro atoms. The molecule has 5 atom stereocenters. The van der Waals surface area contributed by atoms with Crippen LogP contribution in [0.5, 0.6) is 11.5 Å². The Morgan fingerprint density at radius 3 is 2.93 bits per heavy atom. The number of phenolic OH excluding ortho intramolecular Hbond substituents is 1. The number of carbonyl (C=O) groups excluding carboxylic acids is 1. The van der Waals surface area contributed by atoms with Crippen LogP contribution in [0.3, 0.4) is 0 Å². The number of rotatable bonds is 11. The number of aliphatic imine (C=N–C) groups is 1. The third kappa shape index (κ3) is 6.96. The van der Waals surface area contributed by atoms with Gasteiger partial charge in [0.25, 0.3) is 0 Å². The third-order valence-electron chi connectivity index (χ3n) is 9.21. The number of unbranched alkanes of at least 4 members (excludes halogenated alkanes) is 2. The van der Waals surface area contributed by atoms with Gasteiger partial charge >= 0.3 is 0 Å². The lowest BCUT2D eigenvalue weighted by Gasteiger charge is -2.25. The van der Waals surface area contributed by atoms with Crippen LogP contribution in [0, 0.1) is 11.8 Å². The maximum Gasteiger partial charge on any atom is 0.247 e. The molecule has 7 N–H and O–H groups in total. The van der Waals surface area contributed by atoms with E-state index >= 15 is 0 Å². The van der Waals surface area contributed by atoms with Gasteiger partial charge in [0, 0.05) is 25.5 Å². The number of carbonyl (C=O) groups is 1. The van der Waals surface area contributed by atoms with Crippen molar-refractivity contribution in [1.82, 2.24) is 5.32 Å². The zero-order chi connectivity index (χ0) is 32.2. The van der Waals surface area contributed by atoms with E-state index in [1.165, 1.54) is 0 Å². The molecule has 46 heavy (non-hydrogen) atoms. The number of benzene rings is 2. The number of ether oxygens (including phenoxy) is 1. The first-order chi connectivity index (χ1) is 22.3. The van der Waals surface area contributed by atoms with Gasteiger partial charge in [0.05, 0.1) is 11.7 Å². The van der Waals surface area contributed by atoms with E-state index in [2.05, 4.69) is 30.3 Å². The number of hydrogen-bond acceptors (Lipinski definition) is 8. The minimum Gasteiger partial charge on any atom is -0.504 e. The Morgan fingerprint density at radius 1 is 1.24 bits per heavy atom.